The van der Waals surface area contributed by atoms with Crippen LogP contribution in [0.25, 0.3) is 0 Å². The normalized spacial score (nSPS) is 16.3. The minimum absolute atomic E-state index is 0.0671. The summed E-state index contributed by atoms with van der Waals surface area (Å²) in [7, 11) is 0. The zero-order chi connectivity index (χ0) is 10.8. The quantitative estimate of drug-likeness (QED) is 0.747. The van der Waals surface area contributed by atoms with Gasteiger partial charge in [0.15, 0.2) is 5.76 Å². The summed E-state index contributed by atoms with van der Waals surface area (Å²) in [4.78, 5) is 13.9. The van der Waals surface area contributed by atoms with Gasteiger partial charge in [0, 0.05) is 19.0 Å². The standard InChI is InChI=1S/C11H16N2O2/c1-8(2)10-9(7-12-15-10)11(14)13-5-3-4-6-13/h7-8H,3-6H2,1-2H3. The first-order chi connectivity index (χ1) is 7.20. The van der Waals surface area contributed by atoms with Gasteiger partial charge in [-0.1, -0.05) is 19.0 Å². The fourth-order valence-corrected chi connectivity index (χ4v) is 1.92. The van der Waals surface area contributed by atoms with Crippen molar-refractivity contribution in [3.8, 4) is 0 Å². The van der Waals surface area contributed by atoms with Crippen LogP contribution in [0, 0.1) is 0 Å². The zero-order valence-electron chi connectivity index (χ0n) is 9.19. The summed E-state index contributed by atoms with van der Waals surface area (Å²) in [6.07, 6.45) is 3.75. The fourth-order valence-electron chi connectivity index (χ4n) is 1.92. The second-order valence-electron chi connectivity index (χ2n) is 4.26. The molecule has 0 unspecified atom stereocenters. The Kier molecular flexibility index (Phi) is 2.75. The maximum Gasteiger partial charge on any atom is 0.259 e. The van der Waals surface area contributed by atoms with Crippen LogP contribution in [-0.2, 0) is 0 Å². The van der Waals surface area contributed by atoms with Gasteiger partial charge in [-0.25, -0.2) is 0 Å². The Labute approximate surface area is 89.2 Å². The molecule has 0 saturated carbocycles. The smallest absolute Gasteiger partial charge is 0.259 e. The van der Waals surface area contributed by atoms with Crippen LogP contribution in [0.3, 0.4) is 0 Å². The molecule has 0 bridgehead atoms. The molecule has 1 aliphatic heterocycles. The predicted molar refractivity (Wildman–Crippen MR) is 55.7 cm³/mol. The SMILES string of the molecule is CC(C)c1oncc1C(=O)N1CCCC1. The summed E-state index contributed by atoms with van der Waals surface area (Å²) in [5, 5.41) is 3.71. The molecule has 4 heteroatoms. The number of hydrogen-bond donors (Lipinski definition) is 0. The average molecular weight is 208 g/mol. The molecule has 1 aromatic rings. The molecular weight excluding hydrogens is 192 g/mol. The molecule has 15 heavy (non-hydrogen) atoms. The number of nitrogens with zero attached hydrogens (tertiary/aromatic N) is 2. The number of amides is 1. The number of likely N-dealkylation sites (tertiary alicyclic amines) is 1. The first-order valence-corrected chi connectivity index (χ1v) is 5.44. The van der Waals surface area contributed by atoms with E-state index in [1.54, 1.807) is 0 Å². The van der Waals surface area contributed by atoms with Gasteiger partial charge in [-0.15, -0.1) is 0 Å². The highest BCUT2D eigenvalue weighted by atomic mass is 16.5. The van der Waals surface area contributed by atoms with E-state index in [2.05, 4.69) is 5.16 Å². The third-order valence-corrected chi connectivity index (χ3v) is 2.75. The molecule has 4 nitrogen and oxygen atoms in total. The van der Waals surface area contributed by atoms with Gasteiger partial charge in [-0.3, -0.25) is 4.79 Å². The van der Waals surface area contributed by atoms with Gasteiger partial charge in [-0.05, 0) is 12.8 Å². The van der Waals surface area contributed by atoms with Gasteiger partial charge in [0.25, 0.3) is 5.91 Å². The van der Waals surface area contributed by atoms with Crippen molar-refractivity contribution in [2.75, 3.05) is 13.1 Å². The monoisotopic (exact) mass is 208 g/mol. The lowest BCUT2D eigenvalue weighted by atomic mass is 10.1. The van der Waals surface area contributed by atoms with Crippen LogP contribution in [0.1, 0.15) is 48.7 Å². The van der Waals surface area contributed by atoms with E-state index in [0.29, 0.717) is 11.3 Å². The summed E-state index contributed by atoms with van der Waals surface area (Å²) >= 11 is 0. The van der Waals surface area contributed by atoms with Crippen LogP contribution in [0.4, 0.5) is 0 Å². The second kappa shape index (κ2) is 4.04. The molecule has 2 rings (SSSR count). The first kappa shape index (κ1) is 10.2. The van der Waals surface area contributed by atoms with Crippen molar-refractivity contribution in [1.82, 2.24) is 10.1 Å². The van der Waals surface area contributed by atoms with Gasteiger partial charge < -0.3 is 9.42 Å². The van der Waals surface area contributed by atoms with Crippen LogP contribution in [0.5, 0.6) is 0 Å². The molecule has 1 saturated heterocycles. The molecule has 1 amide bonds. The summed E-state index contributed by atoms with van der Waals surface area (Å²) in [6, 6.07) is 0. The van der Waals surface area contributed by atoms with E-state index in [1.807, 2.05) is 18.7 Å². The van der Waals surface area contributed by atoms with E-state index >= 15 is 0 Å². The van der Waals surface area contributed by atoms with Gasteiger partial charge >= 0.3 is 0 Å². The van der Waals surface area contributed by atoms with E-state index in [0.717, 1.165) is 25.9 Å². The summed E-state index contributed by atoms with van der Waals surface area (Å²) < 4.78 is 5.11. The summed E-state index contributed by atoms with van der Waals surface area (Å²) in [5.41, 5.74) is 0.631. The van der Waals surface area contributed by atoms with Gasteiger partial charge in [0.05, 0.1) is 6.20 Å². The van der Waals surface area contributed by atoms with E-state index in [4.69, 9.17) is 4.52 Å². The van der Waals surface area contributed by atoms with Crippen LogP contribution >= 0.6 is 0 Å². The average Bonchev–Trinajstić information content (AvgIpc) is 2.88. The topological polar surface area (TPSA) is 46.3 Å². The summed E-state index contributed by atoms with van der Waals surface area (Å²) in [6.45, 7) is 5.73. The third-order valence-electron chi connectivity index (χ3n) is 2.75. The van der Waals surface area contributed by atoms with Crippen molar-refractivity contribution < 1.29 is 9.32 Å². The number of carbonyl (C=O) groups excluding carboxylic acids is 1. The van der Waals surface area contributed by atoms with Crippen LogP contribution in [0.15, 0.2) is 10.7 Å². The molecule has 2 heterocycles. The van der Waals surface area contributed by atoms with E-state index in [-0.39, 0.29) is 11.8 Å². The highest BCUT2D eigenvalue weighted by Gasteiger charge is 2.25. The van der Waals surface area contributed by atoms with Crippen molar-refractivity contribution in [3.05, 3.63) is 17.5 Å². The Morgan fingerprint density at radius 1 is 1.47 bits per heavy atom. The Morgan fingerprint density at radius 3 is 2.73 bits per heavy atom. The molecule has 0 spiro atoms. The lowest BCUT2D eigenvalue weighted by Gasteiger charge is -2.14. The predicted octanol–water partition coefficient (Wildman–Crippen LogP) is 2.03. The van der Waals surface area contributed by atoms with Crippen molar-refractivity contribution in [2.24, 2.45) is 0 Å². The molecule has 0 N–H and O–H groups in total. The van der Waals surface area contributed by atoms with Gasteiger partial charge in [0.2, 0.25) is 0 Å². The molecule has 0 aromatic carbocycles. The molecule has 1 fully saturated rings. The molecule has 82 valence electrons. The maximum atomic E-state index is 12.1. The van der Waals surface area contributed by atoms with Crippen molar-refractivity contribution in [1.29, 1.82) is 0 Å². The Hall–Kier alpha value is -1.32. The Morgan fingerprint density at radius 2 is 2.13 bits per heavy atom. The Bertz CT molecular complexity index is 351. The Balaban J connectivity index is 2.20. The number of rotatable bonds is 2. The molecule has 0 atom stereocenters. The number of aromatic nitrogens is 1. The van der Waals surface area contributed by atoms with Crippen molar-refractivity contribution in [3.63, 3.8) is 0 Å². The lowest BCUT2D eigenvalue weighted by Crippen LogP contribution is -2.28. The first-order valence-electron chi connectivity index (χ1n) is 5.44. The number of hydrogen-bond acceptors (Lipinski definition) is 3. The van der Waals surface area contributed by atoms with Crippen molar-refractivity contribution in [2.45, 2.75) is 32.6 Å². The minimum Gasteiger partial charge on any atom is -0.360 e. The van der Waals surface area contributed by atoms with Crippen LogP contribution in [0.2, 0.25) is 0 Å². The highest BCUT2D eigenvalue weighted by molar-refractivity contribution is 5.95. The highest BCUT2D eigenvalue weighted by Crippen LogP contribution is 2.21. The molecule has 0 aliphatic carbocycles. The van der Waals surface area contributed by atoms with E-state index in [9.17, 15) is 4.79 Å². The van der Waals surface area contributed by atoms with Crippen LogP contribution < -0.4 is 0 Å². The molecule has 0 radical (unpaired) electrons. The van der Waals surface area contributed by atoms with E-state index < -0.39 is 0 Å². The van der Waals surface area contributed by atoms with Crippen LogP contribution in [-0.4, -0.2) is 29.1 Å². The molecule has 1 aliphatic rings. The van der Waals surface area contributed by atoms with Gasteiger partial charge in [0.1, 0.15) is 5.56 Å². The lowest BCUT2D eigenvalue weighted by molar-refractivity contribution is 0.0790. The third kappa shape index (κ3) is 1.89. The summed E-state index contributed by atoms with van der Waals surface area (Å²) in [5.74, 6) is 0.971. The molecule has 1 aromatic heterocycles. The number of carbonyl (C=O) groups is 1. The zero-order valence-corrected chi connectivity index (χ0v) is 9.19. The van der Waals surface area contributed by atoms with Crippen molar-refractivity contribution >= 4 is 5.91 Å². The largest absolute Gasteiger partial charge is 0.360 e. The van der Waals surface area contributed by atoms with Gasteiger partial charge in [-0.2, -0.15) is 0 Å². The fraction of sp³-hybridized carbons (Fsp3) is 0.636. The van der Waals surface area contributed by atoms with E-state index in [1.165, 1.54) is 6.20 Å². The second-order valence-corrected chi connectivity index (χ2v) is 4.26. The maximum absolute atomic E-state index is 12.1. The minimum atomic E-state index is 0.0671. The molecular formula is C11H16N2O2.